The van der Waals surface area contributed by atoms with Gasteiger partial charge in [-0.3, -0.25) is 14.2 Å². The van der Waals surface area contributed by atoms with Crippen LogP contribution in [0.1, 0.15) is 24.3 Å². The van der Waals surface area contributed by atoms with E-state index < -0.39 is 31.5 Å². The Balaban J connectivity index is 1.83. The predicted molar refractivity (Wildman–Crippen MR) is 138 cm³/mol. The maximum Gasteiger partial charge on any atom is 0.407 e. The number of thiazole rings is 1. The molecule has 1 fully saturated rings. The van der Waals surface area contributed by atoms with E-state index in [1.807, 2.05) is 30.3 Å². The third-order valence-corrected chi connectivity index (χ3v) is 9.21. The van der Waals surface area contributed by atoms with Crippen LogP contribution in [0.15, 0.2) is 34.1 Å². The number of carbonyl (C=O) groups excluding carboxylic acids is 2. The third kappa shape index (κ3) is 7.13. The Kier molecular flexibility index (Phi) is 10.0. The van der Waals surface area contributed by atoms with Crippen LogP contribution in [-0.4, -0.2) is 89.4 Å². The number of aromatic nitrogens is 1. The van der Waals surface area contributed by atoms with Crippen molar-refractivity contribution in [2.75, 3.05) is 45.6 Å². The topological polar surface area (TPSA) is 138 Å². The third-order valence-electron chi connectivity index (χ3n) is 5.34. The predicted octanol–water partition coefficient (Wildman–Crippen LogP) is 3.76. The van der Waals surface area contributed by atoms with Gasteiger partial charge in [0.15, 0.2) is 5.69 Å². The number of nitrogens with one attached hydrogen (secondary N) is 1. The van der Waals surface area contributed by atoms with Crippen LogP contribution in [0.3, 0.4) is 0 Å². The number of amides is 3. The van der Waals surface area contributed by atoms with Crippen LogP contribution in [0.25, 0.3) is 10.6 Å². The molecular weight excluding hydrogens is 575 g/mol. The minimum atomic E-state index is -3.71. The summed E-state index contributed by atoms with van der Waals surface area (Å²) in [4.78, 5) is 45.0. The number of halogens is 1. The first-order chi connectivity index (χ1) is 17.2. The minimum absolute atomic E-state index is 0.0926. The largest absolute Gasteiger partial charge is 0.465 e. The first-order valence-electron chi connectivity index (χ1n) is 11.3. The number of benzene rings is 1. The molecule has 3 amide bonds. The van der Waals surface area contributed by atoms with Crippen molar-refractivity contribution in [1.29, 1.82) is 0 Å². The molecule has 36 heavy (non-hydrogen) atoms. The van der Waals surface area contributed by atoms with Crippen molar-refractivity contribution in [2.24, 2.45) is 0 Å². The summed E-state index contributed by atoms with van der Waals surface area (Å²) in [5.41, 5.74) is 0.929. The molecular formula is C22H28BrN4O7PS. The molecule has 1 aromatic heterocycles. The summed E-state index contributed by atoms with van der Waals surface area (Å²) in [5, 5.41) is 12.5. The lowest BCUT2D eigenvalue weighted by Gasteiger charge is -2.35. The van der Waals surface area contributed by atoms with Gasteiger partial charge >= 0.3 is 13.7 Å². The van der Waals surface area contributed by atoms with E-state index in [-0.39, 0.29) is 51.2 Å². The molecule has 14 heteroatoms. The van der Waals surface area contributed by atoms with Gasteiger partial charge in [0.2, 0.25) is 5.91 Å². The molecule has 3 rings (SSSR count). The highest BCUT2D eigenvalue weighted by Gasteiger charge is 2.37. The van der Waals surface area contributed by atoms with Crippen molar-refractivity contribution < 1.29 is 33.1 Å². The van der Waals surface area contributed by atoms with Gasteiger partial charge in [-0.15, -0.1) is 11.3 Å². The second-order valence-electron chi connectivity index (χ2n) is 7.76. The van der Waals surface area contributed by atoms with Crippen molar-refractivity contribution in [3.05, 3.63) is 39.8 Å². The summed E-state index contributed by atoms with van der Waals surface area (Å²) in [6.45, 7) is 4.06. The summed E-state index contributed by atoms with van der Waals surface area (Å²) in [6.07, 6.45) is -1.43. The van der Waals surface area contributed by atoms with Gasteiger partial charge in [0.1, 0.15) is 14.8 Å². The highest BCUT2D eigenvalue weighted by molar-refractivity contribution is 9.11. The maximum atomic E-state index is 13.4. The molecule has 2 N–H and O–H groups in total. The average molecular weight is 603 g/mol. The van der Waals surface area contributed by atoms with Crippen LogP contribution in [0.2, 0.25) is 0 Å². The fourth-order valence-corrected chi connectivity index (χ4v) is 6.95. The van der Waals surface area contributed by atoms with Crippen LogP contribution in [0.5, 0.6) is 0 Å². The Bertz CT molecular complexity index is 1110. The second kappa shape index (κ2) is 12.8. The van der Waals surface area contributed by atoms with Crippen molar-refractivity contribution >= 4 is 52.8 Å². The number of carboxylic acid groups (broad SMARTS) is 1. The molecule has 1 aromatic carbocycles. The van der Waals surface area contributed by atoms with Crippen LogP contribution in [0.4, 0.5) is 4.79 Å². The average Bonchev–Trinajstić information content (AvgIpc) is 3.25. The first-order valence-corrected chi connectivity index (χ1v) is 14.7. The van der Waals surface area contributed by atoms with E-state index in [4.69, 9.17) is 9.05 Å². The SMILES string of the molecule is CCOP(=O)(C[C@H](NC(=O)c1nc(-c2ccccc2)sc1Br)C(=O)N1CCN(C(=O)O)CC1)OCC. The van der Waals surface area contributed by atoms with E-state index in [1.54, 1.807) is 13.8 Å². The van der Waals surface area contributed by atoms with Gasteiger partial charge in [0.25, 0.3) is 5.91 Å². The van der Waals surface area contributed by atoms with Crippen molar-refractivity contribution in [3.8, 4) is 10.6 Å². The van der Waals surface area contributed by atoms with Gasteiger partial charge in [-0.25, -0.2) is 9.78 Å². The molecule has 0 radical (unpaired) electrons. The van der Waals surface area contributed by atoms with Crippen molar-refractivity contribution in [2.45, 2.75) is 19.9 Å². The molecule has 0 aliphatic carbocycles. The lowest BCUT2D eigenvalue weighted by atomic mass is 10.2. The number of carbonyl (C=O) groups is 3. The second-order valence-corrected chi connectivity index (χ2v) is 12.2. The highest BCUT2D eigenvalue weighted by atomic mass is 79.9. The molecule has 11 nitrogen and oxygen atoms in total. The monoisotopic (exact) mass is 602 g/mol. The molecule has 2 aromatic rings. The first kappa shape index (κ1) is 28.3. The summed E-state index contributed by atoms with van der Waals surface area (Å²) in [6, 6.07) is 8.12. The zero-order chi connectivity index (χ0) is 26.3. The van der Waals surface area contributed by atoms with Crippen LogP contribution in [-0.2, 0) is 18.4 Å². The zero-order valence-electron chi connectivity index (χ0n) is 19.9. The number of hydrogen-bond donors (Lipinski definition) is 2. The van der Waals surface area contributed by atoms with Crippen LogP contribution < -0.4 is 5.32 Å². The molecule has 0 spiro atoms. The Morgan fingerprint density at radius 3 is 2.25 bits per heavy atom. The Morgan fingerprint density at radius 1 is 1.11 bits per heavy atom. The Hall–Kier alpha value is -2.31. The highest BCUT2D eigenvalue weighted by Crippen LogP contribution is 2.48. The quantitative estimate of drug-likeness (QED) is 0.392. The Labute approximate surface area is 221 Å². The van der Waals surface area contributed by atoms with Gasteiger partial charge in [-0.2, -0.15) is 0 Å². The fourth-order valence-electron chi connectivity index (χ4n) is 3.66. The van der Waals surface area contributed by atoms with Gasteiger partial charge in [0.05, 0.1) is 19.4 Å². The molecule has 1 aliphatic rings. The van der Waals surface area contributed by atoms with E-state index in [1.165, 1.54) is 21.1 Å². The van der Waals surface area contributed by atoms with E-state index in [2.05, 4.69) is 26.2 Å². The number of rotatable bonds is 10. The summed E-state index contributed by atoms with van der Waals surface area (Å²) >= 11 is 4.66. The van der Waals surface area contributed by atoms with E-state index in [9.17, 15) is 24.1 Å². The molecule has 1 atom stereocenters. The normalized spacial score (nSPS) is 15.0. The van der Waals surface area contributed by atoms with Gasteiger partial charge in [0, 0.05) is 31.7 Å². The summed E-state index contributed by atoms with van der Waals surface area (Å²) in [5.74, 6) is -1.12. The fraction of sp³-hybridized carbons (Fsp3) is 0.455. The lowest BCUT2D eigenvalue weighted by Crippen LogP contribution is -2.56. The number of hydrogen-bond acceptors (Lipinski definition) is 8. The number of nitrogens with zero attached hydrogens (tertiary/aromatic N) is 3. The standard InChI is InChI=1S/C22H28BrN4O7PS/c1-3-33-35(32,34-4-2)14-16(21(29)26-10-12-27(13-11-26)22(30)31)24-19(28)17-18(23)36-20(25-17)15-8-6-5-7-9-15/h5-9,16H,3-4,10-14H2,1-2H3,(H,24,28)(H,30,31)/t16-/m0/s1. The van der Waals surface area contributed by atoms with Crippen LogP contribution >= 0.6 is 34.9 Å². The van der Waals surface area contributed by atoms with E-state index >= 15 is 0 Å². The van der Waals surface area contributed by atoms with Gasteiger partial charge in [-0.1, -0.05) is 30.3 Å². The maximum absolute atomic E-state index is 13.4. The summed E-state index contributed by atoms with van der Waals surface area (Å²) < 4.78 is 24.5. The molecule has 1 saturated heterocycles. The van der Waals surface area contributed by atoms with Gasteiger partial charge in [-0.05, 0) is 29.8 Å². The zero-order valence-corrected chi connectivity index (χ0v) is 23.2. The minimum Gasteiger partial charge on any atom is -0.465 e. The number of piperazine rings is 1. The summed E-state index contributed by atoms with van der Waals surface area (Å²) in [7, 11) is -3.71. The van der Waals surface area contributed by atoms with Crippen LogP contribution in [0, 0.1) is 0 Å². The van der Waals surface area contributed by atoms with Gasteiger partial charge < -0.3 is 29.3 Å². The molecule has 0 saturated carbocycles. The Morgan fingerprint density at radius 2 is 1.69 bits per heavy atom. The molecule has 2 heterocycles. The molecule has 1 aliphatic heterocycles. The smallest absolute Gasteiger partial charge is 0.407 e. The molecule has 0 bridgehead atoms. The molecule has 196 valence electrons. The van der Waals surface area contributed by atoms with E-state index in [0.717, 1.165) is 5.56 Å². The van der Waals surface area contributed by atoms with E-state index in [0.29, 0.717) is 8.79 Å². The molecule has 0 unspecified atom stereocenters. The lowest BCUT2D eigenvalue weighted by molar-refractivity contribution is -0.134. The van der Waals surface area contributed by atoms with Crippen molar-refractivity contribution in [1.82, 2.24) is 20.1 Å². The van der Waals surface area contributed by atoms with Crippen molar-refractivity contribution in [3.63, 3.8) is 0 Å².